The van der Waals surface area contributed by atoms with E-state index in [-0.39, 0.29) is 18.5 Å². The summed E-state index contributed by atoms with van der Waals surface area (Å²) in [6.07, 6.45) is -0.361. The summed E-state index contributed by atoms with van der Waals surface area (Å²) in [5.74, 6) is 1.83. The molecule has 0 amide bonds. The van der Waals surface area contributed by atoms with Crippen molar-refractivity contribution in [1.82, 2.24) is 0 Å². The Morgan fingerprint density at radius 2 is 1.79 bits per heavy atom. The van der Waals surface area contributed by atoms with Gasteiger partial charge in [-0.1, -0.05) is 48.5 Å². The summed E-state index contributed by atoms with van der Waals surface area (Å²) in [6, 6.07) is 22.8. The lowest BCUT2D eigenvalue weighted by atomic mass is 9.89. The number of epoxide rings is 1. The van der Waals surface area contributed by atoms with Gasteiger partial charge < -0.3 is 18.9 Å². The van der Waals surface area contributed by atoms with Crippen LogP contribution in [0.4, 0.5) is 0 Å². The molecule has 29 heavy (non-hydrogen) atoms. The summed E-state index contributed by atoms with van der Waals surface area (Å²) >= 11 is 0. The third-order valence-corrected chi connectivity index (χ3v) is 5.38. The van der Waals surface area contributed by atoms with Gasteiger partial charge in [-0.05, 0) is 35.4 Å². The van der Waals surface area contributed by atoms with E-state index < -0.39 is 5.60 Å². The molecule has 0 aliphatic carbocycles. The van der Waals surface area contributed by atoms with Crippen molar-refractivity contribution in [3.63, 3.8) is 0 Å². The topological polar surface area (TPSA) is 57.3 Å². The number of hydrogen-bond donors (Lipinski definition) is 0. The second-order valence-corrected chi connectivity index (χ2v) is 7.19. The van der Waals surface area contributed by atoms with Crippen molar-refractivity contribution >= 4 is 5.78 Å². The van der Waals surface area contributed by atoms with E-state index in [2.05, 4.69) is 0 Å². The van der Waals surface area contributed by atoms with Gasteiger partial charge in [-0.2, -0.15) is 0 Å². The summed E-state index contributed by atoms with van der Waals surface area (Å²) < 4.78 is 23.1. The lowest BCUT2D eigenvalue weighted by Crippen LogP contribution is -2.37. The smallest absolute Gasteiger partial charge is 0.205 e. The van der Waals surface area contributed by atoms with E-state index in [1.165, 1.54) is 0 Å². The van der Waals surface area contributed by atoms with Crippen LogP contribution in [0.15, 0.2) is 72.8 Å². The van der Waals surface area contributed by atoms with Gasteiger partial charge in [-0.15, -0.1) is 0 Å². The third kappa shape index (κ3) is 3.04. The molecule has 3 aromatic carbocycles. The first-order valence-electron chi connectivity index (χ1n) is 9.50. The highest BCUT2D eigenvalue weighted by Gasteiger charge is 2.65. The van der Waals surface area contributed by atoms with E-state index in [0.29, 0.717) is 29.4 Å². The molecule has 2 heterocycles. The second kappa shape index (κ2) is 6.94. The summed E-state index contributed by atoms with van der Waals surface area (Å²) in [7, 11) is 1.60. The predicted molar refractivity (Wildman–Crippen MR) is 107 cm³/mol. The van der Waals surface area contributed by atoms with E-state index in [4.69, 9.17) is 18.9 Å². The van der Waals surface area contributed by atoms with E-state index in [0.717, 1.165) is 11.1 Å². The quantitative estimate of drug-likeness (QED) is 0.608. The number of methoxy groups -OCH3 is 1. The van der Waals surface area contributed by atoms with E-state index in [1.54, 1.807) is 19.2 Å². The van der Waals surface area contributed by atoms with Crippen molar-refractivity contribution in [3.05, 3.63) is 89.5 Å². The van der Waals surface area contributed by atoms with Crippen LogP contribution in [-0.4, -0.2) is 25.1 Å². The highest BCUT2D eigenvalue weighted by Crippen LogP contribution is 2.55. The van der Waals surface area contributed by atoms with Crippen molar-refractivity contribution in [1.29, 1.82) is 0 Å². The Hall–Kier alpha value is -3.31. The van der Waals surface area contributed by atoms with E-state index >= 15 is 0 Å². The van der Waals surface area contributed by atoms with Crippen LogP contribution >= 0.6 is 0 Å². The Morgan fingerprint density at radius 3 is 2.62 bits per heavy atom. The van der Waals surface area contributed by atoms with E-state index in [1.807, 2.05) is 60.7 Å². The molecule has 2 unspecified atom stereocenters. The number of ether oxygens (including phenoxy) is 4. The Labute approximate surface area is 168 Å². The first-order chi connectivity index (χ1) is 14.2. The largest absolute Gasteiger partial charge is 0.493 e. The molecule has 3 aromatic rings. The van der Waals surface area contributed by atoms with Crippen LogP contribution in [0.3, 0.4) is 0 Å². The van der Waals surface area contributed by atoms with Gasteiger partial charge >= 0.3 is 0 Å². The molecule has 5 rings (SSSR count). The molecule has 0 radical (unpaired) electrons. The lowest BCUT2D eigenvalue weighted by molar-refractivity contribution is 0.0755. The fourth-order valence-electron chi connectivity index (χ4n) is 3.76. The lowest BCUT2D eigenvalue weighted by Gasteiger charge is -2.22. The first-order valence-corrected chi connectivity index (χ1v) is 9.50. The normalized spacial score (nSPS) is 22.0. The summed E-state index contributed by atoms with van der Waals surface area (Å²) in [5, 5.41) is 0. The predicted octanol–water partition coefficient (Wildman–Crippen LogP) is 4.36. The molecule has 0 aromatic heterocycles. The Balaban J connectivity index is 1.36. The maximum absolute atomic E-state index is 13.0. The number of hydrogen-bond acceptors (Lipinski definition) is 5. The number of carbonyl (C=O) groups is 1. The van der Waals surface area contributed by atoms with Gasteiger partial charge in [0.15, 0.2) is 17.1 Å². The molecule has 0 N–H and O–H groups in total. The molecule has 5 nitrogen and oxygen atoms in total. The fraction of sp³-hybridized carbons (Fsp3) is 0.208. The molecular weight excluding hydrogens is 368 g/mol. The minimum absolute atomic E-state index is 0.0345. The molecule has 2 aliphatic heterocycles. The number of rotatable bonds is 5. The number of benzene rings is 3. The van der Waals surface area contributed by atoms with Crippen molar-refractivity contribution in [2.24, 2.45) is 0 Å². The molecule has 1 spiro atoms. The van der Waals surface area contributed by atoms with Gasteiger partial charge in [0.1, 0.15) is 25.1 Å². The van der Waals surface area contributed by atoms with E-state index in [9.17, 15) is 4.79 Å². The molecule has 0 saturated carbocycles. The van der Waals surface area contributed by atoms with Gasteiger partial charge in [0, 0.05) is 0 Å². The molecule has 0 bridgehead atoms. The number of carbonyl (C=O) groups excluding carboxylic acids is 1. The van der Waals surface area contributed by atoms with Crippen LogP contribution in [0.25, 0.3) is 0 Å². The van der Waals surface area contributed by atoms with Crippen LogP contribution in [0.5, 0.6) is 17.2 Å². The Morgan fingerprint density at radius 1 is 1.00 bits per heavy atom. The summed E-state index contributed by atoms with van der Waals surface area (Å²) in [5.41, 5.74) is 1.55. The van der Waals surface area contributed by atoms with Gasteiger partial charge in [0.05, 0.1) is 12.7 Å². The van der Waals surface area contributed by atoms with Gasteiger partial charge in [0.2, 0.25) is 5.78 Å². The van der Waals surface area contributed by atoms with Crippen LogP contribution in [0.1, 0.15) is 27.6 Å². The second-order valence-electron chi connectivity index (χ2n) is 7.19. The zero-order valence-corrected chi connectivity index (χ0v) is 16.0. The summed E-state index contributed by atoms with van der Waals surface area (Å²) in [6.45, 7) is 0.658. The fourth-order valence-corrected chi connectivity index (χ4v) is 3.76. The highest BCUT2D eigenvalue weighted by molar-refractivity contribution is 6.07. The molecule has 5 heteroatoms. The zero-order valence-electron chi connectivity index (χ0n) is 16.0. The number of para-hydroxylation sites is 1. The van der Waals surface area contributed by atoms with Crippen molar-refractivity contribution < 1.29 is 23.7 Å². The SMILES string of the molecule is COc1cc(C2OC23COc2ccccc2C3=O)ccc1OCc1ccccc1. The average Bonchev–Trinajstić information content (AvgIpc) is 3.51. The standard InChI is InChI=1S/C24H20O5/c1-26-21-13-17(11-12-20(21)27-14-16-7-3-2-4-8-16)23-24(29-23)15-28-19-10-6-5-9-18(19)22(24)25/h2-13,23H,14-15H2,1H3. The third-order valence-electron chi connectivity index (χ3n) is 5.38. The number of fused-ring (bicyclic) bond motifs is 1. The van der Waals surface area contributed by atoms with Gasteiger partial charge in [-0.3, -0.25) is 4.79 Å². The minimum atomic E-state index is -0.953. The van der Waals surface area contributed by atoms with Crippen molar-refractivity contribution in [2.45, 2.75) is 18.3 Å². The first kappa shape index (κ1) is 17.8. The van der Waals surface area contributed by atoms with Crippen LogP contribution in [0.2, 0.25) is 0 Å². The molecular formula is C24H20O5. The van der Waals surface area contributed by atoms with Crippen molar-refractivity contribution in [3.8, 4) is 17.2 Å². The number of ketones is 1. The van der Waals surface area contributed by atoms with Gasteiger partial charge in [-0.25, -0.2) is 0 Å². The minimum Gasteiger partial charge on any atom is -0.493 e. The average molecular weight is 388 g/mol. The van der Waals surface area contributed by atoms with Gasteiger partial charge in [0.25, 0.3) is 0 Å². The zero-order chi connectivity index (χ0) is 19.8. The molecule has 1 fully saturated rings. The maximum Gasteiger partial charge on any atom is 0.205 e. The van der Waals surface area contributed by atoms with Crippen molar-refractivity contribution in [2.75, 3.05) is 13.7 Å². The highest BCUT2D eigenvalue weighted by atomic mass is 16.6. The van der Waals surface area contributed by atoms with Crippen LogP contribution in [0, 0.1) is 0 Å². The summed E-state index contributed by atoms with van der Waals surface area (Å²) in [4.78, 5) is 13.0. The monoisotopic (exact) mass is 388 g/mol. The molecule has 2 aliphatic rings. The maximum atomic E-state index is 13.0. The Bertz CT molecular complexity index is 1060. The molecule has 1 saturated heterocycles. The van der Waals surface area contributed by atoms with Crippen LogP contribution < -0.4 is 14.2 Å². The van der Waals surface area contributed by atoms with Crippen LogP contribution in [-0.2, 0) is 11.3 Å². The number of Topliss-reactive ketones (excluding diaryl/α,β-unsaturated/α-hetero) is 1. The molecule has 2 atom stereocenters. The molecule has 146 valence electrons. The Kier molecular flexibility index (Phi) is 4.25.